The highest BCUT2D eigenvalue weighted by atomic mass is 32.2. The molecule has 138 valence electrons. The van der Waals surface area contributed by atoms with Gasteiger partial charge in [0.2, 0.25) is 0 Å². The summed E-state index contributed by atoms with van der Waals surface area (Å²) >= 11 is 0. The standard InChI is InChI=1S/C19H23N3O3S/c1-3-14-6-4-5-7-17(14)21-19(23)15-8-9-18(20-12-15)22(2)16-10-11-26(24,25)13-16/h4-9,12,16H,3,10-11,13H2,1-2H3,(H,21,23). The van der Waals surface area contributed by atoms with Crippen molar-refractivity contribution >= 4 is 27.2 Å². The first kappa shape index (κ1) is 18.4. The van der Waals surface area contributed by atoms with E-state index in [1.165, 1.54) is 6.20 Å². The van der Waals surface area contributed by atoms with E-state index in [9.17, 15) is 13.2 Å². The fraction of sp³-hybridized carbons (Fsp3) is 0.368. The minimum absolute atomic E-state index is 0.0661. The number of amides is 1. The molecule has 26 heavy (non-hydrogen) atoms. The molecule has 7 heteroatoms. The lowest BCUT2D eigenvalue weighted by atomic mass is 10.1. The number of rotatable bonds is 5. The SMILES string of the molecule is CCc1ccccc1NC(=O)c1ccc(N(C)C2CCS(=O)(=O)C2)nc1. The van der Waals surface area contributed by atoms with Crippen molar-refractivity contribution < 1.29 is 13.2 Å². The lowest BCUT2D eigenvalue weighted by Gasteiger charge is -2.24. The van der Waals surface area contributed by atoms with E-state index in [4.69, 9.17) is 0 Å². The number of hydrogen-bond donors (Lipinski definition) is 1. The van der Waals surface area contributed by atoms with Gasteiger partial charge in [-0.3, -0.25) is 4.79 Å². The molecule has 0 spiro atoms. The highest BCUT2D eigenvalue weighted by molar-refractivity contribution is 7.91. The van der Waals surface area contributed by atoms with Crippen LogP contribution in [0.3, 0.4) is 0 Å². The lowest BCUT2D eigenvalue weighted by molar-refractivity contribution is 0.102. The Morgan fingerprint density at radius 1 is 1.27 bits per heavy atom. The molecule has 1 amide bonds. The number of hydrogen-bond acceptors (Lipinski definition) is 5. The van der Waals surface area contributed by atoms with Gasteiger partial charge in [-0.2, -0.15) is 0 Å². The molecule has 0 bridgehead atoms. The summed E-state index contributed by atoms with van der Waals surface area (Å²) in [7, 11) is -1.11. The summed E-state index contributed by atoms with van der Waals surface area (Å²) in [6, 6.07) is 11.1. The summed E-state index contributed by atoms with van der Waals surface area (Å²) in [4.78, 5) is 18.7. The van der Waals surface area contributed by atoms with E-state index in [0.29, 0.717) is 17.8 Å². The molecule has 1 fully saturated rings. The van der Waals surface area contributed by atoms with Crippen molar-refractivity contribution in [3.05, 3.63) is 53.7 Å². The maximum Gasteiger partial charge on any atom is 0.257 e. The van der Waals surface area contributed by atoms with Gasteiger partial charge in [-0.05, 0) is 36.6 Å². The summed E-state index contributed by atoms with van der Waals surface area (Å²) in [6.07, 6.45) is 2.97. The Labute approximate surface area is 154 Å². The molecule has 1 aliphatic heterocycles. The van der Waals surface area contributed by atoms with Gasteiger partial charge in [0.05, 0.1) is 17.1 Å². The van der Waals surface area contributed by atoms with Crippen LogP contribution in [0.5, 0.6) is 0 Å². The van der Waals surface area contributed by atoms with E-state index in [0.717, 1.165) is 17.7 Å². The van der Waals surface area contributed by atoms with Crippen molar-refractivity contribution in [1.29, 1.82) is 0 Å². The monoisotopic (exact) mass is 373 g/mol. The van der Waals surface area contributed by atoms with Crippen molar-refractivity contribution in [2.24, 2.45) is 0 Å². The van der Waals surface area contributed by atoms with E-state index in [1.54, 1.807) is 12.1 Å². The van der Waals surface area contributed by atoms with Gasteiger partial charge in [-0.1, -0.05) is 25.1 Å². The van der Waals surface area contributed by atoms with Gasteiger partial charge in [0.25, 0.3) is 5.91 Å². The molecule has 1 unspecified atom stereocenters. The molecule has 0 aliphatic carbocycles. The molecular formula is C19H23N3O3S. The van der Waals surface area contributed by atoms with Gasteiger partial charge in [0, 0.05) is 25.0 Å². The smallest absolute Gasteiger partial charge is 0.257 e. The zero-order chi connectivity index (χ0) is 18.7. The van der Waals surface area contributed by atoms with E-state index in [2.05, 4.69) is 10.3 Å². The Hall–Kier alpha value is -2.41. The summed E-state index contributed by atoms with van der Waals surface area (Å²) in [6.45, 7) is 2.04. The molecule has 2 heterocycles. The molecular weight excluding hydrogens is 350 g/mol. The van der Waals surface area contributed by atoms with E-state index in [-0.39, 0.29) is 23.5 Å². The third kappa shape index (κ3) is 4.04. The van der Waals surface area contributed by atoms with Crippen LogP contribution in [0.2, 0.25) is 0 Å². The molecule has 1 aliphatic rings. The number of aromatic nitrogens is 1. The van der Waals surface area contributed by atoms with Crippen LogP contribution in [-0.4, -0.2) is 43.9 Å². The Bertz CT molecular complexity index is 895. The van der Waals surface area contributed by atoms with Gasteiger partial charge in [-0.25, -0.2) is 13.4 Å². The minimum Gasteiger partial charge on any atom is -0.356 e. The number of nitrogens with zero attached hydrogens (tertiary/aromatic N) is 2. The third-order valence-electron chi connectivity index (χ3n) is 4.77. The van der Waals surface area contributed by atoms with E-state index >= 15 is 0 Å². The Balaban J connectivity index is 1.70. The summed E-state index contributed by atoms with van der Waals surface area (Å²) in [5.74, 6) is 0.828. The first-order chi connectivity index (χ1) is 12.4. The zero-order valence-electron chi connectivity index (χ0n) is 15.0. The van der Waals surface area contributed by atoms with Gasteiger partial charge in [0.1, 0.15) is 5.82 Å². The van der Waals surface area contributed by atoms with E-state index < -0.39 is 9.84 Å². The van der Waals surface area contributed by atoms with Gasteiger partial charge >= 0.3 is 0 Å². The number of sulfone groups is 1. The topological polar surface area (TPSA) is 79.4 Å². The molecule has 1 aromatic heterocycles. The Morgan fingerprint density at radius 2 is 2.04 bits per heavy atom. The van der Waals surface area contributed by atoms with Crippen molar-refractivity contribution in [3.63, 3.8) is 0 Å². The van der Waals surface area contributed by atoms with Crippen LogP contribution in [0, 0.1) is 0 Å². The maximum absolute atomic E-state index is 12.5. The molecule has 2 aromatic rings. The Morgan fingerprint density at radius 3 is 2.65 bits per heavy atom. The van der Waals surface area contributed by atoms with Crippen LogP contribution in [0.1, 0.15) is 29.3 Å². The van der Waals surface area contributed by atoms with Crippen LogP contribution < -0.4 is 10.2 Å². The second-order valence-electron chi connectivity index (χ2n) is 6.54. The number of pyridine rings is 1. The largest absolute Gasteiger partial charge is 0.356 e. The number of nitrogens with one attached hydrogen (secondary N) is 1. The summed E-state index contributed by atoms with van der Waals surface area (Å²) in [5.41, 5.74) is 2.34. The number of carbonyl (C=O) groups is 1. The number of carbonyl (C=O) groups excluding carboxylic acids is 1. The lowest BCUT2D eigenvalue weighted by Crippen LogP contribution is -2.33. The fourth-order valence-corrected chi connectivity index (χ4v) is 4.92. The first-order valence-corrected chi connectivity index (χ1v) is 10.5. The third-order valence-corrected chi connectivity index (χ3v) is 6.52. The molecule has 0 saturated carbocycles. The molecule has 3 rings (SSSR count). The molecule has 1 N–H and O–H groups in total. The van der Waals surface area contributed by atoms with Crippen LogP contribution in [0.25, 0.3) is 0 Å². The highest BCUT2D eigenvalue weighted by Crippen LogP contribution is 2.22. The number of para-hydroxylation sites is 1. The second-order valence-corrected chi connectivity index (χ2v) is 8.77. The first-order valence-electron chi connectivity index (χ1n) is 8.68. The van der Waals surface area contributed by atoms with Crippen molar-refractivity contribution in [2.45, 2.75) is 25.8 Å². The average Bonchev–Trinajstić information content (AvgIpc) is 3.01. The van der Waals surface area contributed by atoms with Crippen LogP contribution >= 0.6 is 0 Å². The molecule has 0 radical (unpaired) electrons. The molecule has 6 nitrogen and oxygen atoms in total. The molecule has 1 aromatic carbocycles. The van der Waals surface area contributed by atoms with Gasteiger partial charge in [0.15, 0.2) is 9.84 Å². The van der Waals surface area contributed by atoms with Gasteiger partial charge < -0.3 is 10.2 Å². The van der Waals surface area contributed by atoms with Crippen LogP contribution in [0.4, 0.5) is 11.5 Å². The van der Waals surface area contributed by atoms with Crippen molar-refractivity contribution in [3.8, 4) is 0 Å². The van der Waals surface area contributed by atoms with Crippen molar-refractivity contribution in [2.75, 3.05) is 28.8 Å². The number of aryl methyl sites for hydroxylation is 1. The number of benzene rings is 1. The predicted molar refractivity (Wildman–Crippen MR) is 103 cm³/mol. The molecule has 1 atom stereocenters. The van der Waals surface area contributed by atoms with Crippen molar-refractivity contribution in [1.82, 2.24) is 4.98 Å². The highest BCUT2D eigenvalue weighted by Gasteiger charge is 2.31. The fourth-order valence-electron chi connectivity index (χ4n) is 3.14. The van der Waals surface area contributed by atoms with Crippen LogP contribution in [0.15, 0.2) is 42.6 Å². The second kappa shape index (κ2) is 7.45. The summed E-state index contributed by atoms with van der Waals surface area (Å²) < 4.78 is 23.3. The zero-order valence-corrected chi connectivity index (χ0v) is 15.8. The average molecular weight is 373 g/mol. The van der Waals surface area contributed by atoms with Crippen LogP contribution in [-0.2, 0) is 16.3 Å². The quantitative estimate of drug-likeness (QED) is 0.871. The van der Waals surface area contributed by atoms with Gasteiger partial charge in [-0.15, -0.1) is 0 Å². The maximum atomic E-state index is 12.5. The predicted octanol–water partition coefficient (Wildman–Crippen LogP) is 2.52. The summed E-state index contributed by atoms with van der Waals surface area (Å²) in [5, 5.41) is 2.92. The van der Waals surface area contributed by atoms with E-state index in [1.807, 2.05) is 43.1 Å². The normalized spacial score (nSPS) is 18.5. The minimum atomic E-state index is -2.94. The molecule has 1 saturated heterocycles. The number of anilines is 2. The Kier molecular flexibility index (Phi) is 5.27.